The highest BCUT2D eigenvalue weighted by atomic mass is 32.2. The van der Waals surface area contributed by atoms with E-state index in [0.29, 0.717) is 6.42 Å². The molecule has 1 aliphatic heterocycles. The molecule has 2 heterocycles. The fourth-order valence-electron chi connectivity index (χ4n) is 3.42. The number of rotatable bonds is 2. The van der Waals surface area contributed by atoms with Crippen LogP contribution in [0.15, 0.2) is 17.3 Å². The van der Waals surface area contributed by atoms with Crippen LogP contribution in [0.2, 0.25) is 0 Å². The van der Waals surface area contributed by atoms with E-state index in [4.69, 9.17) is 0 Å². The fourth-order valence-corrected chi connectivity index (χ4v) is 5.69. The molecule has 1 spiro atoms. The van der Waals surface area contributed by atoms with E-state index in [9.17, 15) is 13.5 Å². The number of sulfone groups is 1. The fraction of sp³-hybridized carbons (Fsp3) is 0.750. The van der Waals surface area contributed by atoms with Crippen LogP contribution >= 0.6 is 0 Å². The summed E-state index contributed by atoms with van der Waals surface area (Å²) in [6, 6.07) is 0. The third-order valence-corrected chi connectivity index (χ3v) is 6.94. The van der Waals surface area contributed by atoms with Crippen molar-refractivity contribution in [2.24, 2.45) is 12.5 Å². The molecule has 0 amide bonds. The van der Waals surface area contributed by atoms with E-state index in [1.54, 1.807) is 7.05 Å². The molecule has 19 heavy (non-hydrogen) atoms. The molecule has 2 fully saturated rings. The largest absolute Gasteiger partial charge is 0.392 e. The Labute approximate surface area is 112 Å². The Kier molecular flexibility index (Phi) is 2.95. The topological polar surface area (TPSA) is 84.2 Å². The van der Waals surface area contributed by atoms with Crippen molar-refractivity contribution >= 4 is 9.84 Å². The van der Waals surface area contributed by atoms with Gasteiger partial charge < -0.3 is 10.4 Å². The summed E-state index contributed by atoms with van der Waals surface area (Å²) in [6.45, 7) is 1.55. The van der Waals surface area contributed by atoms with Gasteiger partial charge in [0.05, 0.1) is 17.6 Å². The highest BCUT2D eigenvalue weighted by Crippen LogP contribution is 2.52. The molecular weight excluding hydrogens is 266 g/mol. The maximum atomic E-state index is 12.7. The monoisotopic (exact) mass is 285 g/mol. The standard InChI is InChI=1S/C12H19N3O3S/c1-15-8-9(7-14-15)19(17,18)11-6-10(16)12(11)2-4-13-5-3-12/h7-8,10-11,13,16H,2-6H2,1H3. The molecule has 1 aliphatic carbocycles. The molecular formula is C12H19N3O3S. The first-order valence-electron chi connectivity index (χ1n) is 6.58. The summed E-state index contributed by atoms with van der Waals surface area (Å²) in [5, 5.41) is 16.8. The average molecular weight is 285 g/mol. The van der Waals surface area contributed by atoms with Crippen molar-refractivity contribution in [1.29, 1.82) is 0 Å². The van der Waals surface area contributed by atoms with Crippen LogP contribution in [0.4, 0.5) is 0 Å². The van der Waals surface area contributed by atoms with E-state index in [1.165, 1.54) is 17.1 Å². The molecule has 0 aromatic carbocycles. The van der Waals surface area contributed by atoms with Gasteiger partial charge in [0.1, 0.15) is 4.90 Å². The van der Waals surface area contributed by atoms with Gasteiger partial charge in [0.2, 0.25) is 0 Å². The van der Waals surface area contributed by atoms with E-state index < -0.39 is 26.6 Å². The second-order valence-electron chi connectivity index (χ2n) is 5.62. The molecule has 2 N–H and O–H groups in total. The van der Waals surface area contributed by atoms with Crippen LogP contribution in [0, 0.1) is 5.41 Å². The minimum Gasteiger partial charge on any atom is -0.392 e. The van der Waals surface area contributed by atoms with Gasteiger partial charge >= 0.3 is 0 Å². The van der Waals surface area contributed by atoms with Crippen molar-refractivity contribution in [3.8, 4) is 0 Å². The summed E-state index contributed by atoms with van der Waals surface area (Å²) in [7, 11) is -1.69. The zero-order chi connectivity index (χ0) is 13.7. The van der Waals surface area contributed by atoms with E-state index in [1.807, 2.05) is 0 Å². The highest BCUT2D eigenvalue weighted by Gasteiger charge is 2.60. The lowest BCUT2D eigenvalue weighted by molar-refractivity contribution is -0.0777. The van der Waals surface area contributed by atoms with Crippen LogP contribution in [0.3, 0.4) is 0 Å². The number of aryl methyl sites for hydroxylation is 1. The Morgan fingerprint density at radius 1 is 1.47 bits per heavy atom. The second kappa shape index (κ2) is 4.29. The van der Waals surface area contributed by atoms with Crippen molar-refractivity contribution in [2.75, 3.05) is 13.1 Å². The van der Waals surface area contributed by atoms with Crippen molar-refractivity contribution in [2.45, 2.75) is 35.5 Å². The number of nitrogens with one attached hydrogen (secondary N) is 1. The number of hydrogen-bond acceptors (Lipinski definition) is 5. The minimum atomic E-state index is -3.39. The summed E-state index contributed by atoms with van der Waals surface area (Å²) < 4.78 is 26.8. The van der Waals surface area contributed by atoms with Crippen LogP contribution in [0.1, 0.15) is 19.3 Å². The molecule has 1 aromatic heterocycles. The summed E-state index contributed by atoms with van der Waals surface area (Å²) in [5.41, 5.74) is -0.458. The molecule has 1 saturated heterocycles. The van der Waals surface area contributed by atoms with Crippen LogP contribution in [-0.4, -0.2) is 47.7 Å². The minimum absolute atomic E-state index is 0.268. The molecule has 7 heteroatoms. The Morgan fingerprint density at radius 2 is 2.16 bits per heavy atom. The molecule has 3 rings (SSSR count). The predicted molar refractivity (Wildman–Crippen MR) is 69.3 cm³/mol. The SMILES string of the molecule is Cn1cc(S(=O)(=O)C2CC(O)C23CCNCC3)cn1. The van der Waals surface area contributed by atoms with Gasteiger partial charge in [0.15, 0.2) is 9.84 Å². The molecule has 2 atom stereocenters. The third kappa shape index (κ3) is 1.83. The number of hydrogen-bond donors (Lipinski definition) is 2. The van der Waals surface area contributed by atoms with Crippen molar-refractivity contribution in [3.05, 3.63) is 12.4 Å². The smallest absolute Gasteiger partial charge is 0.185 e. The van der Waals surface area contributed by atoms with Crippen molar-refractivity contribution in [1.82, 2.24) is 15.1 Å². The van der Waals surface area contributed by atoms with E-state index >= 15 is 0 Å². The number of aliphatic hydroxyl groups is 1. The predicted octanol–water partition coefficient (Wildman–Crippen LogP) is -0.303. The van der Waals surface area contributed by atoms with Crippen molar-refractivity contribution < 1.29 is 13.5 Å². The molecule has 2 unspecified atom stereocenters. The zero-order valence-corrected chi connectivity index (χ0v) is 11.7. The number of piperidine rings is 1. The summed E-state index contributed by atoms with van der Waals surface area (Å²) in [6.07, 6.45) is 4.23. The summed E-state index contributed by atoms with van der Waals surface area (Å²) in [5.74, 6) is 0. The van der Waals surface area contributed by atoms with Gasteiger partial charge in [0, 0.05) is 18.7 Å². The molecule has 6 nitrogen and oxygen atoms in total. The Bertz CT molecular complexity index is 575. The van der Waals surface area contributed by atoms with Crippen LogP contribution in [-0.2, 0) is 16.9 Å². The van der Waals surface area contributed by atoms with Gasteiger partial charge in [0.25, 0.3) is 0 Å². The molecule has 0 radical (unpaired) electrons. The summed E-state index contributed by atoms with van der Waals surface area (Å²) >= 11 is 0. The van der Waals surface area contributed by atoms with Gasteiger partial charge in [-0.25, -0.2) is 8.42 Å². The molecule has 1 aromatic rings. The van der Waals surface area contributed by atoms with Gasteiger partial charge in [-0.3, -0.25) is 4.68 Å². The average Bonchev–Trinajstić information content (AvgIpc) is 2.84. The molecule has 2 aliphatic rings. The Hall–Kier alpha value is -0.920. The lowest BCUT2D eigenvalue weighted by atomic mass is 9.60. The van der Waals surface area contributed by atoms with Gasteiger partial charge in [-0.05, 0) is 32.4 Å². The third-order valence-electron chi connectivity index (χ3n) is 4.66. The van der Waals surface area contributed by atoms with Crippen LogP contribution in [0.25, 0.3) is 0 Å². The number of aliphatic hydroxyl groups excluding tert-OH is 1. The maximum absolute atomic E-state index is 12.7. The molecule has 0 bridgehead atoms. The van der Waals surface area contributed by atoms with Gasteiger partial charge in [-0.15, -0.1) is 0 Å². The number of aromatic nitrogens is 2. The van der Waals surface area contributed by atoms with Gasteiger partial charge in [-0.2, -0.15) is 5.10 Å². The Morgan fingerprint density at radius 3 is 2.68 bits per heavy atom. The molecule has 106 valence electrons. The normalized spacial score (nSPS) is 30.2. The first-order valence-corrected chi connectivity index (χ1v) is 8.13. The van der Waals surface area contributed by atoms with E-state index in [-0.39, 0.29) is 4.90 Å². The highest BCUT2D eigenvalue weighted by molar-refractivity contribution is 7.92. The lowest BCUT2D eigenvalue weighted by Crippen LogP contribution is -2.63. The summed E-state index contributed by atoms with van der Waals surface area (Å²) in [4.78, 5) is 0.268. The quantitative estimate of drug-likeness (QED) is 0.779. The molecule has 1 saturated carbocycles. The first kappa shape index (κ1) is 13.1. The van der Waals surface area contributed by atoms with Crippen molar-refractivity contribution in [3.63, 3.8) is 0 Å². The lowest BCUT2D eigenvalue weighted by Gasteiger charge is -2.54. The number of nitrogens with zero attached hydrogens (tertiary/aromatic N) is 2. The maximum Gasteiger partial charge on any atom is 0.185 e. The van der Waals surface area contributed by atoms with E-state index in [2.05, 4.69) is 10.4 Å². The second-order valence-corrected chi connectivity index (χ2v) is 7.75. The van der Waals surface area contributed by atoms with E-state index in [0.717, 1.165) is 25.9 Å². The van der Waals surface area contributed by atoms with Crippen LogP contribution in [0.5, 0.6) is 0 Å². The zero-order valence-electron chi connectivity index (χ0n) is 10.9. The Balaban J connectivity index is 1.94. The first-order chi connectivity index (χ1) is 8.97. The van der Waals surface area contributed by atoms with Gasteiger partial charge in [-0.1, -0.05) is 0 Å². The van der Waals surface area contributed by atoms with Crippen LogP contribution < -0.4 is 5.32 Å².